The van der Waals surface area contributed by atoms with Gasteiger partial charge in [0.25, 0.3) is 0 Å². The molecule has 0 aromatic heterocycles. The zero-order valence-electron chi connectivity index (χ0n) is 11.5. The predicted octanol–water partition coefficient (Wildman–Crippen LogP) is 2.79. The van der Waals surface area contributed by atoms with E-state index in [-0.39, 0.29) is 11.4 Å². The topological polar surface area (TPSA) is 15.3 Å². The normalized spacial score (nSPS) is 24.1. The fraction of sp³-hybridized carbons (Fsp3) is 0.600. The lowest BCUT2D eigenvalue weighted by molar-refractivity contribution is 0.0567. The summed E-state index contributed by atoms with van der Waals surface area (Å²) in [6.45, 7) is 9.26. The second-order valence-corrected chi connectivity index (χ2v) is 5.77. The van der Waals surface area contributed by atoms with Gasteiger partial charge in [0.1, 0.15) is 5.82 Å². The molecule has 1 aromatic carbocycles. The van der Waals surface area contributed by atoms with Gasteiger partial charge in [-0.25, -0.2) is 4.39 Å². The van der Waals surface area contributed by atoms with E-state index in [2.05, 4.69) is 31.0 Å². The van der Waals surface area contributed by atoms with Gasteiger partial charge in [-0.05, 0) is 26.3 Å². The maximum absolute atomic E-state index is 13.7. The molecule has 0 spiro atoms. The number of benzene rings is 1. The second kappa shape index (κ2) is 5.37. The quantitative estimate of drug-likeness (QED) is 0.887. The third-order valence-corrected chi connectivity index (χ3v) is 3.93. The lowest BCUT2D eigenvalue weighted by Gasteiger charge is -2.46. The van der Waals surface area contributed by atoms with Crippen LogP contribution in [0.5, 0.6) is 0 Å². The van der Waals surface area contributed by atoms with E-state index in [0.717, 1.165) is 25.1 Å². The Morgan fingerprint density at radius 1 is 1.39 bits per heavy atom. The van der Waals surface area contributed by atoms with E-state index in [1.165, 1.54) is 0 Å². The zero-order valence-corrected chi connectivity index (χ0v) is 11.5. The van der Waals surface area contributed by atoms with Gasteiger partial charge in [0.2, 0.25) is 0 Å². The molecule has 1 aliphatic rings. The fourth-order valence-corrected chi connectivity index (χ4v) is 2.47. The third kappa shape index (κ3) is 2.90. The summed E-state index contributed by atoms with van der Waals surface area (Å²) >= 11 is 0. The number of hydrogen-bond donors (Lipinski definition) is 1. The monoisotopic (exact) mass is 250 g/mol. The minimum Gasteiger partial charge on any atom is -0.311 e. The van der Waals surface area contributed by atoms with Crippen LogP contribution in [0, 0.1) is 5.82 Å². The molecule has 1 unspecified atom stereocenters. The van der Waals surface area contributed by atoms with Crippen molar-refractivity contribution in [1.29, 1.82) is 0 Å². The number of nitrogens with zero attached hydrogens (tertiary/aromatic N) is 1. The van der Waals surface area contributed by atoms with Crippen LogP contribution in [0.2, 0.25) is 0 Å². The summed E-state index contributed by atoms with van der Waals surface area (Å²) in [5, 5.41) is 3.55. The van der Waals surface area contributed by atoms with Crippen LogP contribution in [0.1, 0.15) is 32.8 Å². The Hall–Kier alpha value is -0.930. The number of hydrogen-bond acceptors (Lipinski definition) is 2. The Kier molecular flexibility index (Phi) is 4.03. The number of piperazine rings is 1. The summed E-state index contributed by atoms with van der Waals surface area (Å²) in [6.07, 6.45) is 1.11. The van der Waals surface area contributed by atoms with Crippen molar-refractivity contribution in [3.05, 3.63) is 35.6 Å². The maximum Gasteiger partial charge on any atom is 0.127 e. The first-order valence-electron chi connectivity index (χ1n) is 6.75. The number of halogens is 1. The largest absolute Gasteiger partial charge is 0.311 e. The average Bonchev–Trinajstić information content (AvgIpc) is 2.34. The zero-order chi connectivity index (χ0) is 13.2. The Labute approximate surface area is 109 Å². The van der Waals surface area contributed by atoms with E-state index in [1.807, 2.05) is 12.1 Å². The van der Waals surface area contributed by atoms with Crippen LogP contribution in [0.4, 0.5) is 4.39 Å². The highest BCUT2D eigenvalue weighted by Crippen LogP contribution is 2.23. The molecule has 1 atom stereocenters. The molecule has 1 aromatic rings. The summed E-state index contributed by atoms with van der Waals surface area (Å²) in [5.41, 5.74) is 0.871. The molecule has 0 aliphatic carbocycles. The molecule has 1 heterocycles. The second-order valence-electron chi connectivity index (χ2n) is 5.77. The van der Waals surface area contributed by atoms with Crippen molar-refractivity contribution in [3.63, 3.8) is 0 Å². The van der Waals surface area contributed by atoms with E-state index >= 15 is 0 Å². The van der Waals surface area contributed by atoms with Crippen molar-refractivity contribution in [2.45, 2.75) is 45.3 Å². The molecule has 1 aliphatic heterocycles. The smallest absolute Gasteiger partial charge is 0.127 e. The van der Waals surface area contributed by atoms with Crippen molar-refractivity contribution in [1.82, 2.24) is 10.2 Å². The predicted molar refractivity (Wildman–Crippen MR) is 73.0 cm³/mol. The van der Waals surface area contributed by atoms with Crippen LogP contribution in [0.15, 0.2) is 24.3 Å². The number of rotatable bonds is 3. The Morgan fingerprint density at radius 2 is 2.11 bits per heavy atom. The van der Waals surface area contributed by atoms with E-state index in [4.69, 9.17) is 0 Å². The molecule has 0 amide bonds. The Bertz CT molecular complexity index is 403. The summed E-state index contributed by atoms with van der Waals surface area (Å²) in [4.78, 5) is 2.38. The summed E-state index contributed by atoms with van der Waals surface area (Å²) < 4.78 is 13.7. The molecule has 0 radical (unpaired) electrons. The minimum absolute atomic E-state index is 0.0773. The lowest BCUT2D eigenvalue weighted by Crippen LogP contribution is -2.61. The summed E-state index contributed by atoms with van der Waals surface area (Å²) in [6, 6.07) is 7.60. The minimum atomic E-state index is -0.0973. The van der Waals surface area contributed by atoms with E-state index < -0.39 is 0 Å². The van der Waals surface area contributed by atoms with Gasteiger partial charge in [0.15, 0.2) is 0 Å². The highest BCUT2D eigenvalue weighted by atomic mass is 19.1. The van der Waals surface area contributed by atoms with E-state index in [9.17, 15) is 4.39 Å². The first-order chi connectivity index (χ1) is 8.53. The van der Waals surface area contributed by atoms with E-state index in [0.29, 0.717) is 12.6 Å². The molecule has 1 N–H and O–H groups in total. The molecule has 0 bridgehead atoms. The molecular weight excluding hydrogens is 227 g/mol. The highest BCUT2D eigenvalue weighted by Gasteiger charge is 2.33. The van der Waals surface area contributed by atoms with Gasteiger partial charge < -0.3 is 5.32 Å². The van der Waals surface area contributed by atoms with Crippen LogP contribution >= 0.6 is 0 Å². The molecule has 100 valence electrons. The maximum atomic E-state index is 13.7. The Balaban J connectivity index is 2.12. The van der Waals surface area contributed by atoms with Gasteiger partial charge in [0.05, 0.1) is 0 Å². The molecular formula is C15H23FN2. The van der Waals surface area contributed by atoms with Gasteiger partial charge in [-0.3, -0.25) is 4.90 Å². The third-order valence-electron chi connectivity index (χ3n) is 3.93. The highest BCUT2D eigenvalue weighted by molar-refractivity contribution is 5.17. The Morgan fingerprint density at radius 3 is 2.78 bits per heavy atom. The molecule has 0 saturated carbocycles. The standard InChI is InChI=1S/C15H23FN2/c1-4-13-10-18(15(2,3)11-17-13)9-12-7-5-6-8-14(12)16/h5-8,13,17H,4,9-11H2,1-3H3. The van der Waals surface area contributed by atoms with Crippen LogP contribution in [0.25, 0.3) is 0 Å². The van der Waals surface area contributed by atoms with Crippen molar-refractivity contribution in [2.24, 2.45) is 0 Å². The van der Waals surface area contributed by atoms with Gasteiger partial charge in [-0.1, -0.05) is 25.1 Å². The van der Waals surface area contributed by atoms with Gasteiger partial charge in [-0.15, -0.1) is 0 Å². The fourth-order valence-electron chi connectivity index (χ4n) is 2.47. The summed E-state index contributed by atoms with van der Waals surface area (Å²) in [7, 11) is 0. The molecule has 3 heteroatoms. The molecule has 18 heavy (non-hydrogen) atoms. The first kappa shape index (κ1) is 13.5. The van der Waals surface area contributed by atoms with Crippen molar-refractivity contribution in [2.75, 3.05) is 13.1 Å². The van der Waals surface area contributed by atoms with Crippen LogP contribution in [-0.2, 0) is 6.54 Å². The lowest BCUT2D eigenvalue weighted by atomic mass is 9.95. The molecule has 2 nitrogen and oxygen atoms in total. The number of nitrogens with one attached hydrogen (secondary N) is 1. The van der Waals surface area contributed by atoms with Gasteiger partial charge in [0, 0.05) is 36.8 Å². The van der Waals surface area contributed by atoms with Crippen LogP contribution in [-0.4, -0.2) is 29.6 Å². The van der Waals surface area contributed by atoms with Crippen molar-refractivity contribution < 1.29 is 4.39 Å². The van der Waals surface area contributed by atoms with Crippen molar-refractivity contribution in [3.8, 4) is 0 Å². The molecule has 1 fully saturated rings. The van der Waals surface area contributed by atoms with Gasteiger partial charge >= 0.3 is 0 Å². The average molecular weight is 250 g/mol. The van der Waals surface area contributed by atoms with Crippen LogP contribution < -0.4 is 5.32 Å². The van der Waals surface area contributed by atoms with Crippen LogP contribution in [0.3, 0.4) is 0 Å². The first-order valence-corrected chi connectivity index (χ1v) is 6.75. The van der Waals surface area contributed by atoms with Crippen molar-refractivity contribution >= 4 is 0 Å². The van der Waals surface area contributed by atoms with E-state index in [1.54, 1.807) is 12.1 Å². The summed E-state index contributed by atoms with van der Waals surface area (Å²) in [5.74, 6) is -0.0973. The molecule has 2 rings (SSSR count). The molecule has 1 saturated heterocycles. The SMILES string of the molecule is CCC1CN(Cc2ccccc2F)C(C)(C)CN1. The van der Waals surface area contributed by atoms with Gasteiger partial charge in [-0.2, -0.15) is 0 Å².